The Balaban J connectivity index is 1.72. The number of para-hydroxylation sites is 1. The van der Waals surface area contributed by atoms with Crippen LogP contribution in [0.25, 0.3) is 0 Å². The third-order valence-corrected chi connectivity index (χ3v) is 6.13. The molecular weight excluding hydrogens is 506 g/mol. The van der Waals surface area contributed by atoms with Crippen molar-refractivity contribution >= 4 is 41.9 Å². The van der Waals surface area contributed by atoms with Crippen molar-refractivity contribution < 1.29 is 41.9 Å². The lowest BCUT2D eigenvalue weighted by atomic mass is 10.0. The van der Waals surface area contributed by atoms with Crippen LogP contribution in [0, 0.1) is 0 Å². The van der Waals surface area contributed by atoms with Crippen LogP contribution < -0.4 is 26.2 Å². The predicted molar refractivity (Wildman–Crippen MR) is 122 cm³/mol. The van der Waals surface area contributed by atoms with Crippen LogP contribution in [-0.4, -0.2) is 39.4 Å². The first-order chi connectivity index (χ1) is 17.0. The Kier molecular flexibility index (Phi) is 6.87. The maximum absolute atomic E-state index is 13.6. The Morgan fingerprint density at radius 2 is 1.89 bits per heavy atom. The van der Waals surface area contributed by atoms with Crippen molar-refractivity contribution in [2.45, 2.75) is 12.6 Å². The van der Waals surface area contributed by atoms with E-state index in [1.165, 1.54) is 37.4 Å². The van der Waals surface area contributed by atoms with Crippen LogP contribution in [0.15, 0.2) is 42.6 Å². The molecule has 4 rings (SSSR count). The number of amides is 1. The highest BCUT2D eigenvalue weighted by molar-refractivity contribution is 7.60. The fraction of sp³-hybridized carbons (Fsp3) is 0.190. The van der Waals surface area contributed by atoms with E-state index in [-0.39, 0.29) is 18.2 Å². The van der Waals surface area contributed by atoms with Gasteiger partial charge in [-0.2, -0.15) is 18.2 Å². The van der Waals surface area contributed by atoms with E-state index in [1.807, 2.05) is 0 Å². The second-order valence-electron chi connectivity index (χ2n) is 7.47. The Hall–Kier alpha value is -3.71. The Bertz CT molecular complexity index is 1360. The zero-order valence-electron chi connectivity index (χ0n) is 18.5. The second kappa shape index (κ2) is 9.74. The molecule has 5 N–H and O–H groups in total. The van der Waals surface area contributed by atoms with E-state index >= 15 is 0 Å². The van der Waals surface area contributed by atoms with Crippen molar-refractivity contribution in [3.8, 4) is 5.75 Å². The zero-order valence-corrected chi connectivity index (χ0v) is 19.4. The van der Waals surface area contributed by atoms with Crippen LogP contribution in [0.2, 0.25) is 0 Å². The van der Waals surface area contributed by atoms with Crippen LogP contribution in [0.5, 0.6) is 5.75 Å². The lowest BCUT2D eigenvalue weighted by Crippen LogP contribution is -2.23. The van der Waals surface area contributed by atoms with Gasteiger partial charge in [0.15, 0.2) is 0 Å². The third kappa shape index (κ3) is 5.26. The summed E-state index contributed by atoms with van der Waals surface area (Å²) in [5.74, 6) is -1.17. The van der Waals surface area contributed by atoms with E-state index in [4.69, 9.17) is 4.74 Å². The summed E-state index contributed by atoms with van der Waals surface area (Å²) in [6.45, 7) is 0.279. The highest BCUT2D eigenvalue weighted by Gasteiger charge is 2.36. The minimum Gasteiger partial charge on any atom is -0.491 e. The highest BCUT2D eigenvalue weighted by atomic mass is 31.2. The Morgan fingerprint density at radius 3 is 2.58 bits per heavy atom. The quantitative estimate of drug-likeness (QED) is 0.230. The molecule has 2 heterocycles. The molecule has 36 heavy (non-hydrogen) atoms. The maximum atomic E-state index is 13.6. The van der Waals surface area contributed by atoms with Crippen molar-refractivity contribution in [2.75, 3.05) is 24.4 Å². The SMILES string of the molecule is CONC(=O)c1ccc(Nc2ncc(C(F)(F)F)c(Nc3ccccc3P(=O)(O)O)n2)c2c1CCO2. The Morgan fingerprint density at radius 1 is 1.14 bits per heavy atom. The zero-order chi connectivity index (χ0) is 26.1. The molecule has 0 fully saturated rings. The standard InChI is InChI=1S/C21H19F3N5O6P/c1-34-29-19(30)12-6-7-15(17-11(12)8-9-35-17)27-20-25-10-13(21(22,23)24)18(28-20)26-14-4-2-3-5-16(14)36(31,32)33/h2-7,10H,8-9H2,1H3,(H,29,30)(H2,31,32,33)(H2,25,26,27,28). The number of nitrogens with zero attached hydrogens (tertiary/aromatic N) is 2. The van der Waals surface area contributed by atoms with Crippen molar-refractivity contribution in [3.05, 3.63) is 59.3 Å². The molecule has 11 nitrogen and oxygen atoms in total. The van der Waals surface area contributed by atoms with E-state index < -0.39 is 36.4 Å². The van der Waals surface area contributed by atoms with Gasteiger partial charge >= 0.3 is 13.8 Å². The highest BCUT2D eigenvalue weighted by Crippen LogP contribution is 2.41. The summed E-state index contributed by atoms with van der Waals surface area (Å²) in [6.07, 6.45) is -3.91. The third-order valence-electron chi connectivity index (χ3n) is 5.11. The first-order valence-corrected chi connectivity index (χ1v) is 11.9. The number of carbonyl (C=O) groups is 1. The molecule has 0 bridgehead atoms. The average molecular weight is 525 g/mol. The number of benzene rings is 2. The number of alkyl halides is 3. The van der Waals surface area contributed by atoms with Crippen LogP contribution in [0.4, 0.5) is 36.3 Å². The van der Waals surface area contributed by atoms with Crippen LogP contribution in [0.3, 0.4) is 0 Å². The number of ether oxygens (including phenoxy) is 1. The lowest BCUT2D eigenvalue weighted by molar-refractivity contribution is -0.137. The van der Waals surface area contributed by atoms with Crippen molar-refractivity contribution in [3.63, 3.8) is 0 Å². The number of carbonyl (C=O) groups excluding carboxylic acids is 1. The number of nitrogens with one attached hydrogen (secondary N) is 3. The van der Waals surface area contributed by atoms with E-state index in [1.54, 1.807) is 0 Å². The smallest absolute Gasteiger partial charge is 0.421 e. The monoisotopic (exact) mass is 525 g/mol. The van der Waals surface area contributed by atoms with Crippen LogP contribution >= 0.6 is 7.60 Å². The van der Waals surface area contributed by atoms with E-state index in [0.717, 1.165) is 6.07 Å². The summed E-state index contributed by atoms with van der Waals surface area (Å²) >= 11 is 0. The molecule has 1 aliphatic rings. The van der Waals surface area contributed by atoms with Crippen LogP contribution in [-0.2, 0) is 22.0 Å². The maximum Gasteiger partial charge on any atom is 0.421 e. The van der Waals surface area contributed by atoms with Gasteiger partial charge in [0, 0.05) is 23.7 Å². The summed E-state index contributed by atoms with van der Waals surface area (Å²) in [5, 5.41) is 4.65. The molecule has 0 saturated carbocycles. The Labute approximate surface area is 201 Å². The van der Waals surface area contributed by atoms with Gasteiger partial charge in [-0.25, -0.2) is 10.5 Å². The summed E-state index contributed by atoms with van der Waals surface area (Å²) in [5.41, 5.74) is 1.89. The fourth-order valence-corrected chi connectivity index (χ4v) is 4.31. The molecule has 2 aromatic carbocycles. The number of hydrogen-bond acceptors (Lipinski definition) is 8. The van der Waals surface area contributed by atoms with Gasteiger partial charge in [-0.1, -0.05) is 12.1 Å². The number of anilines is 4. The topological polar surface area (TPSA) is 155 Å². The average Bonchev–Trinajstić information content (AvgIpc) is 3.29. The van der Waals surface area contributed by atoms with E-state index in [2.05, 4.69) is 30.9 Å². The van der Waals surface area contributed by atoms with Gasteiger partial charge in [0.25, 0.3) is 5.91 Å². The van der Waals surface area contributed by atoms with Gasteiger partial charge in [0.1, 0.15) is 17.1 Å². The number of rotatable bonds is 7. The molecule has 0 spiro atoms. The molecule has 0 aliphatic carbocycles. The summed E-state index contributed by atoms with van der Waals surface area (Å²) in [7, 11) is -3.52. The molecule has 0 radical (unpaired) electrons. The van der Waals surface area contributed by atoms with Crippen LogP contribution in [0.1, 0.15) is 21.5 Å². The first-order valence-electron chi connectivity index (χ1n) is 10.2. The first kappa shape index (κ1) is 25.4. The molecular formula is C21H19F3N5O6P. The molecule has 3 aromatic rings. The molecule has 0 unspecified atom stereocenters. The number of aromatic nitrogens is 2. The van der Waals surface area contributed by atoms with Crippen molar-refractivity contribution in [1.29, 1.82) is 0 Å². The van der Waals surface area contributed by atoms with E-state index in [9.17, 15) is 32.3 Å². The van der Waals surface area contributed by atoms with Crippen molar-refractivity contribution in [2.24, 2.45) is 0 Å². The molecule has 1 aromatic heterocycles. The number of hydroxylamine groups is 1. The normalized spacial score (nSPS) is 13.1. The lowest BCUT2D eigenvalue weighted by Gasteiger charge is -2.17. The van der Waals surface area contributed by atoms with Gasteiger partial charge < -0.3 is 25.2 Å². The molecule has 0 atom stereocenters. The molecule has 1 aliphatic heterocycles. The van der Waals surface area contributed by atoms with Gasteiger partial charge in [-0.05, 0) is 24.3 Å². The minimum absolute atomic E-state index is 0.251. The largest absolute Gasteiger partial charge is 0.491 e. The number of fused-ring (bicyclic) bond motifs is 1. The molecule has 190 valence electrons. The minimum atomic E-state index is -4.86. The molecule has 0 saturated heterocycles. The predicted octanol–water partition coefficient (Wildman–Crippen LogP) is 3.01. The second-order valence-corrected chi connectivity index (χ2v) is 9.04. The number of hydrogen-bond donors (Lipinski definition) is 5. The summed E-state index contributed by atoms with van der Waals surface area (Å²) in [4.78, 5) is 43.6. The van der Waals surface area contributed by atoms with Gasteiger partial charge in [0.2, 0.25) is 5.95 Å². The van der Waals surface area contributed by atoms with Gasteiger partial charge in [-0.3, -0.25) is 14.2 Å². The van der Waals surface area contributed by atoms with Gasteiger partial charge in [0.05, 0.1) is 30.4 Å². The van der Waals surface area contributed by atoms with E-state index in [0.29, 0.717) is 35.2 Å². The summed E-state index contributed by atoms with van der Waals surface area (Å²) < 4.78 is 58.3. The number of halogens is 3. The van der Waals surface area contributed by atoms with Crippen molar-refractivity contribution in [1.82, 2.24) is 15.4 Å². The van der Waals surface area contributed by atoms with Gasteiger partial charge in [-0.15, -0.1) is 0 Å². The summed E-state index contributed by atoms with van der Waals surface area (Å²) in [6, 6.07) is 8.02. The molecule has 15 heteroatoms. The molecule has 1 amide bonds. The fourth-order valence-electron chi connectivity index (χ4n) is 3.58.